The quantitative estimate of drug-likeness (QED) is 0.825. The molecule has 1 rings (SSSR count). The van der Waals surface area contributed by atoms with Gasteiger partial charge in [-0.1, -0.05) is 13.8 Å². The van der Waals surface area contributed by atoms with E-state index >= 15 is 0 Å². The SMILES string of the molecule is Cc1nn(C)c(C)c1C(=O)NC(CCN)C(C)C. The van der Waals surface area contributed by atoms with Gasteiger partial charge in [-0.05, 0) is 32.7 Å². The molecule has 0 radical (unpaired) electrons. The van der Waals surface area contributed by atoms with Gasteiger partial charge < -0.3 is 11.1 Å². The zero-order chi connectivity index (χ0) is 13.9. The Bertz CT molecular complexity index is 423. The van der Waals surface area contributed by atoms with E-state index in [-0.39, 0.29) is 11.9 Å². The van der Waals surface area contributed by atoms with Crippen molar-refractivity contribution in [2.45, 2.75) is 40.2 Å². The predicted octanol–water partition coefficient (Wildman–Crippen LogP) is 1.14. The lowest BCUT2D eigenvalue weighted by molar-refractivity contribution is 0.0922. The van der Waals surface area contributed by atoms with E-state index in [0.29, 0.717) is 18.0 Å². The molecule has 0 saturated heterocycles. The number of aryl methyl sites for hydroxylation is 2. The van der Waals surface area contributed by atoms with Gasteiger partial charge in [0.05, 0.1) is 11.3 Å². The molecule has 1 aromatic heterocycles. The van der Waals surface area contributed by atoms with Crippen LogP contribution < -0.4 is 11.1 Å². The van der Waals surface area contributed by atoms with Crippen LogP contribution in [0.25, 0.3) is 0 Å². The van der Waals surface area contributed by atoms with Crippen LogP contribution in [0, 0.1) is 19.8 Å². The van der Waals surface area contributed by atoms with E-state index in [0.717, 1.165) is 17.8 Å². The topological polar surface area (TPSA) is 72.9 Å². The molecule has 1 atom stereocenters. The van der Waals surface area contributed by atoms with Crippen LogP contribution in [0.1, 0.15) is 42.0 Å². The lowest BCUT2D eigenvalue weighted by atomic mass is 10.0. The number of nitrogens with one attached hydrogen (secondary N) is 1. The number of hydrogen-bond acceptors (Lipinski definition) is 3. The highest BCUT2D eigenvalue weighted by atomic mass is 16.1. The Balaban J connectivity index is 2.87. The van der Waals surface area contributed by atoms with Gasteiger partial charge >= 0.3 is 0 Å². The summed E-state index contributed by atoms with van der Waals surface area (Å²) in [6, 6.07) is 0.113. The molecule has 5 nitrogen and oxygen atoms in total. The first-order valence-corrected chi connectivity index (χ1v) is 6.39. The Labute approximate surface area is 109 Å². The fourth-order valence-corrected chi connectivity index (χ4v) is 2.09. The zero-order valence-electron chi connectivity index (χ0n) is 11.9. The molecule has 0 aromatic carbocycles. The largest absolute Gasteiger partial charge is 0.349 e. The number of carbonyl (C=O) groups is 1. The van der Waals surface area contributed by atoms with Crippen molar-refractivity contribution >= 4 is 5.91 Å². The Morgan fingerprint density at radius 2 is 2.06 bits per heavy atom. The van der Waals surface area contributed by atoms with Gasteiger partial charge in [-0.2, -0.15) is 5.10 Å². The first-order valence-electron chi connectivity index (χ1n) is 6.39. The normalized spacial score (nSPS) is 12.8. The zero-order valence-corrected chi connectivity index (χ0v) is 11.9. The van der Waals surface area contributed by atoms with E-state index in [2.05, 4.69) is 24.3 Å². The molecule has 18 heavy (non-hydrogen) atoms. The molecule has 1 unspecified atom stereocenters. The second-order valence-corrected chi connectivity index (χ2v) is 5.07. The summed E-state index contributed by atoms with van der Waals surface area (Å²) in [5.41, 5.74) is 7.91. The number of nitrogens with zero attached hydrogens (tertiary/aromatic N) is 2. The van der Waals surface area contributed by atoms with Gasteiger partial charge in [-0.15, -0.1) is 0 Å². The van der Waals surface area contributed by atoms with Gasteiger partial charge in [0.15, 0.2) is 0 Å². The number of carbonyl (C=O) groups excluding carboxylic acids is 1. The Kier molecular flexibility index (Phi) is 4.90. The van der Waals surface area contributed by atoms with E-state index < -0.39 is 0 Å². The Morgan fingerprint density at radius 3 is 2.44 bits per heavy atom. The molecule has 0 saturated carbocycles. The summed E-state index contributed by atoms with van der Waals surface area (Å²) in [4.78, 5) is 12.3. The van der Waals surface area contributed by atoms with Crippen molar-refractivity contribution in [3.05, 3.63) is 17.0 Å². The van der Waals surface area contributed by atoms with Crippen molar-refractivity contribution in [3.63, 3.8) is 0 Å². The van der Waals surface area contributed by atoms with Crippen molar-refractivity contribution in [2.75, 3.05) is 6.54 Å². The predicted molar refractivity (Wildman–Crippen MR) is 72.4 cm³/mol. The number of nitrogens with two attached hydrogens (primary N) is 1. The van der Waals surface area contributed by atoms with Crippen LogP contribution in [0.3, 0.4) is 0 Å². The monoisotopic (exact) mass is 252 g/mol. The third-order valence-electron chi connectivity index (χ3n) is 3.33. The highest BCUT2D eigenvalue weighted by molar-refractivity contribution is 5.96. The van der Waals surface area contributed by atoms with Gasteiger partial charge in [-0.3, -0.25) is 9.48 Å². The molecule has 3 N–H and O–H groups in total. The van der Waals surface area contributed by atoms with Crippen LogP contribution in [0.2, 0.25) is 0 Å². The van der Waals surface area contributed by atoms with Crippen LogP contribution in [0.15, 0.2) is 0 Å². The lowest BCUT2D eigenvalue weighted by Gasteiger charge is -2.21. The van der Waals surface area contributed by atoms with E-state index in [1.807, 2.05) is 20.9 Å². The molecule has 1 amide bonds. The van der Waals surface area contributed by atoms with E-state index in [4.69, 9.17) is 5.73 Å². The molecule has 0 spiro atoms. The van der Waals surface area contributed by atoms with Gasteiger partial charge in [0.2, 0.25) is 0 Å². The maximum Gasteiger partial charge on any atom is 0.255 e. The first-order chi connectivity index (χ1) is 8.38. The van der Waals surface area contributed by atoms with E-state index in [1.54, 1.807) is 4.68 Å². The van der Waals surface area contributed by atoms with Gasteiger partial charge in [0.1, 0.15) is 0 Å². The Hall–Kier alpha value is -1.36. The minimum atomic E-state index is -0.0507. The van der Waals surface area contributed by atoms with Gasteiger partial charge in [-0.25, -0.2) is 0 Å². The second-order valence-electron chi connectivity index (χ2n) is 5.07. The molecular formula is C13H24N4O. The maximum absolute atomic E-state index is 12.3. The second kappa shape index (κ2) is 6.00. The third kappa shape index (κ3) is 3.10. The van der Waals surface area contributed by atoms with Crippen LogP contribution in [-0.4, -0.2) is 28.3 Å². The molecule has 0 aliphatic heterocycles. The van der Waals surface area contributed by atoms with Gasteiger partial charge in [0, 0.05) is 18.8 Å². The smallest absolute Gasteiger partial charge is 0.255 e. The van der Waals surface area contributed by atoms with Crippen molar-refractivity contribution in [3.8, 4) is 0 Å². The standard InChI is InChI=1S/C13H24N4O/c1-8(2)11(6-7-14)15-13(18)12-9(3)16-17(5)10(12)4/h8,11H,6-7,14H2,1-5H3,(H,15,18). The first kappa shape index (κ1) is 14.7. The fourth-order valence-electron chi connectivity index (χ4n) is 2.09. The maximum atomic E-state index is 12.3. The van der Waals surface area contributed by atoms with Crippen molar-refractivity contribution in [1.82, 2.24) is 15.1 Å². The summed E-state index contributed by atoms with van der Waals surface area (Å²) in [6.45, 7) is 8.51. The van der Waals surface area contributed by atoms with Crippen LogP contribution in [0.4, 0.5) is 0 Å². The molecule has 1 heterocycles. The van der Waals surface area contributed by atoms with Crippen LogP contribution >= 0.6 is 0 Å². The molecule has 0 aliphatic rings. The van der Waals surface area contributed by atoms with E-state index in [1.165, 1.54) is 0 Å². The van der Waals surface area contributed by atoms with Gasteiger partial charge in [0.25, 0.3) is 5.91 Å². The molecule has 102 valence electrons. The summed E-state index contributed by atoms with van der Waals surface area (Å²) in [6.07, 6.45) is 0.793. The lowest BCUT2D eigenvalue weighted by Crippen LogP contribution is -2.40. The number of hydrogen-bond donors (Lipinski definition) is 2. The van der Waals surface area contributed by atoms with Crippen LogP contribution in [-0.2, 0) is 7.05 Å². The van der Waals surface area contributed by atoms with Crippen molar-refractivity contribution < 1.29 is 4.79 Å². The van der Waals surface area contributed by atoms with E-state index in [9.17, 15) is 4.79 Å². The minimum absolute atomic E-state index is 0.0507. The number of rotatable bonds is 5. The number of amides is 1. The minimum Gasteiger partial charge on any atom is -0.349 e. The van der Waals surface area contributed by atoms with Crippen molar-refractivity contribution in [1.29, 1.82) is 0 Å². The fraction of sp³-hybridized carbons (Fsp3) is 0.692. The third-order valence-corrected chi connectivity index (χ3v) is 3.33. The highest BCUT2D eigenvalue weighted by Crippen LogP contribution is 2.13. The molecule has 0 bridgehead atoms. The Morgan fingerprint density at radius 1 is 1.44 bits per heavy atom. The summed E-state index contributed by atoms with van der Waals surface area (Å²) in [5.74, 6) is 0.319. The average Bonchev–Trinajstić information content (AvgIpc) is 2.52. The summed E-state index contributed by atoms with van der Waals surface area (Å²) in [5, 5.41) is 7.32. The molecule has 0 aliphatic carbocycles. The average molecular weight is 252 g/mol. The van der Waals surface area contributed by atoms with Crippen LogP contribution in [0.5, 0.6) is 0 Å². The number of aromatic nitrogens is 2. The highest BCUT2D eigenvalue weighted by Gasteiger charge is 2.21. The summed E-state index contributed by atoms with van der Waals surface area (Å²) >= 11 is 0. The molecule has 1 aromatic rings. The molecule has 0 fully saturated rings. The summed E-state index contributed by atoms with van der Waals surface area (Å²) < 4.78 is 1.73. The van der Waals surface area contributed by atoms with Crippen molar-refractivity contribution in [2.24, 2.45) is 18.7 Å². The molecule has 5 heteroatoms. The summed E-state index contributed by atoms with van der Waals surface area (Å²) in [7, 11) is 1.85. The molecular weight excluding hydrogens is 228 g/mol.